The van der Waals surface area contributed by atoms with Gasteiger partial charge in [0.1, 0.15) is 0 Å². The number of halogens is 1. The molecule has 6 heteroatoms. The maximum Gasteiger partial charge on any atom is 0.224 e. The third kappa shape index (κ3) is 3.87. The fourth-order valence-electron chi connectivity index (χ4n) is 2.95. The Bertz CT molecular complexity index is 614. The van der Waals surface area contributed by atoms with Crippen molar-refractivity contribution >= 4 is 24.0 Å². The Morgan fingerprint density at radius 3 is 2.91 bits per heavy atom. The number of aromatic nitrogens is 2. The van der Waals surface area contributed by atoms with Crippen molar-refractivity contribution in [2.45, 2.75) is 31.7 Å². The van der Waals surface area contributed by atoms with E-state index in [1.54, 1.807) is 6.20 Å². The average Bonchev–Trinajstić information content (AvgIpc) is 3.12. The van der Waals surface area contributed by atoms with Crippen LogP contribution in [-0.4, -0.2) is 22.1 Å². The number of rotatable bonds is 4. The lowest BCUT2D eigenvalue weighted by Gasteiger charge is -2.15. The fraction of sp³-hybridized carbons (Fsp3) is 0.375. The zero-order valence-corrected chi connectivity index (χ0v) is 13.1. The zero-order chi connectivity index (χ0) is 14.7. The first-order valence-corrected chi connectivity index (χ1v) is 7.37. The molecule has 0 radical (unpaired) electrons. The lowest BCUT2D eigenvalue weighted by molar-refractivity contribution is -0.117. The van der Waals surface area contributed by atoms with Gasteiger partial charge in [0, 0.05) is 29.9 Å². The smallest absolute Gasteiger partial charge is 0.224 e. The van der Waals surface area contributed by atoms with Crippen LogP contribution in [-0.2, 0) is 4.79 Å². The Labute approximate surface area is 136 Å². The van der Waals surface area contributed by atoms with Gasteiger partial charge >= 0.3 is 0 Å². The molecule has 1 saturated carbocycles. The molecule has 1 aliphatic carbocycles. The van der Waals surface area contributed by atoms with Gasteiger partial charge in [-0.1, -0.05) is 18.6 Å². The zero-order valence-electron chi connectivity index (χ0n) is 12.3. The first-order valence-electron chi connectivity index (χ1n) is 7.37. The minimum absolute atomic E-state index is 0. The maximum atomic E-state index is 12.1. The highest BCUT2D eigenvalue weighted by molar-refractivity contribution is 5.91. The van der Waals surface area contributed by atoms with Gasteiger partial charge in [0.25, 0.3) is 0 Å². The Kier molecular flexibility index (Phi) is 5.57. The number of amides is 1. The van der Waals surface area contributed by atoms with Gasteiger partial charge < -0.3 is 11.1 Å². The number of carbonyl (C=O) groups is 1. The number of anilines is 1. The highest BCUT2D eigenvalue weighted by atomic mass is 35.5. The van der Waals surface area contributed by atoms with Gasteiger partial charge in [-0.3, -0.25) is 9.89 Å². The number of nitrogens with one attached hydrogen (secondary N) is 2. The van der Waals surface area contributed by atoms with Gasteiger partial charge in [0.2, 0.25) is 5.91 Å². The lowest BCUT2D eigenvalue weighted by atomic mass is 10.00. The first-order chi connectivity index (χ1) is 10.2. The lowest BCUT2D eigenvalue weighted by Crippen LogP contribution is -2.28. The summed E-state index contributed by atoms with van der Waals surface area (Å²) in [5, 5.41) is 9.82. The van der Waals surface area contributed by atoms with E-state index in [2.05, 4.69) is 15.5 Å². The molecule has 1 aromatic heterocycles. The summed E-state index contributed by atoms with van der Waals surface area (Å²) in [6, 6.07) is 9.82. The van der Waals surface area contributed by atoms with Gasteiger partial charge in [-0.05, 0) is 37.0 Å². The highest BCUT2D eigenvalue weighted by Gasteiger charge is 2.25. The summed E-state index contributed by atoms with van der Waals surface area (Å²) in [5.41, 5.74) is 8.76. The van der Waals surface area contributed by atoms with E-state index in [0.29, 0.717) is 12.3 Å². The molecule has 1 aliphatic rings. The number of H-pyrrole nitrogens is 1. The van der Waals surface area contributed by atoms with E-state index in [4.69, 9.17) is 5.73 Å². The standard InChI is InChI=1S/C16H20N4O.ClH/c17-14-6-2-3-11(14)10-16(21)19-13-5-1-4-12(9-13)15-7-8-18-20-15;/h1,4-5,7-9,11,14H,2-3,6,10,17H2,(H,18,20)(H,19,21);1H/t11-,14+;/m0./s1. The first kappa shape index (κ1) is 16.5. The molecule has 1 aromatic carbocycles. The van der Waals surface area contributed by atoms with Crippen molar-refractivity contribution in [3.8, 4) is 11.3 Å². The molecule has 0 bridgehead atoms. The topological polar surface area (TPSA) is 83.8 Å². The molecule has 4 N–H and O–H groups in total. The predicted molar refractivity (Wildman–Crippen MR) is 89.8 cm³/mol. The molecule has 3 rings (SSSR count). The van der Waals surface area contributed by atoms with Crippen molar-refractivity contribution in [1.82, 2.24) is 10.2 Å². The van der Waals surface area contributed by atoms with Crippen molar-refractivity contribution in [1.29, 1.82) is 0 Å². The molecule has 1 amide bonds. The van der Waals surface area contributed by atoms with Crippen molar-refractivity contribution in [2.75, 3.05) is 5.32 Å². The maximum absolute atomic E-state index is 12.1. The molecule has 2 aromatic rings. The Morgan fingerprint density at radius 2 is 2.23 bits per heavy atom. The van der Waals surface area contributed by atoms with Crippen LogP contribution in [0.5, 0.6) is 0 Å². The molecule has 118 valence electrons. The second-order valence-electron chi connectivity index (χ2n) is 5.66. The molecule has 0 unspecified atom stereocenters. The molecule has 22 heavy (non-hydrogen) atoms. The van der Waals surface area contributed by atoms with E-state index in [1.807, 2.05) is 30.3 Å². The van der Waals surface area contributed by atoms with Gasteiger partial charge in [-0.2, -0.15) is 5.10 Å². The molecule has 1 heterocycles. The summed E-state index contributed by atoms with van der Waals surface area (Å²) in [7, 11) is 0. The van der Waals surface area contributed by atoms with Gasteiger partial charge in [-0.15, -0.1) is 12.4 Å². The summed E-state index contributed by atoms with van der Waals surface area (Å²) < 4.78 is 0. The van der Waals surface area contributed by atoms with Crippen LogP contribution in [0.15, 0.2) is 36.5 Å². The van der Waals surface area contributed by atoms with E-state index in [-0.39, 0.29) is 24.4 Å². The summed E-state index contributed by atoms with van der Waals surface area (Å²) in [6.07, 6.45) is 5.45. The second-order valence-corrected chi connectivity index (χ2v) is 5.66. The number of nitrogens with two attached hydrogens (primary N) is 1. The van der Waals surface area contributed by atoms with Crippen LogP contribution < -0.4 is 11.1 Å². The quantitative estimate of drug-likeness (QED) is 0.809. The van der Waals surface area contributed by atoms with E-state index in [1.165, 1.54) is 0 Å². The molecular formula is C16H21ClN4O. The van der Waals surface area contributed by atoms with Crippen LogP contribution in [0.2, 0.25) is 0 Å². The Morgan fingerprint density at radius 1 is 1.36 bits per heavy atom. The van der Waals surface area contributed by atoms with Crippen LogP contribution in [0.1, 0.15) is 25.7 Å². The van der Waals surface area contributed by atoms with Crippen LogP contribution >= 0.6 is 12.4 Å². The van der Waals surface area contributed by atoms with Crippen LogP contribution in [0.25, 0.3) is 11.3 Å². The third-order valence-electron chi connectivity index (χ3n) is 4.12. The van der Waals surface area contributed by atoms with Gasteiger partial charge in [-0.25, -0.2) is 0 Å². The summed E-state index contributed by atoms with van der Waals surface area (Å²) in [6.45, 7) is 0. The Balaban J connectivity index is 0.00000176. The number of hydrogen-bond acceptors (Lipinski definition) is 3. The van der Waals surface area contributed by atoms with E-state index >= 15 is 0 Å². The van der Waals surface area contributed by atoms with Crippen molar-refractivity contribution in [3.63, 3.8) is 0 Å². The SMILES string of the molecule is Cl.N[C@@H]1CCC[C@H]1CC(=O)Nc1cccc(-c2ccn[nH]2)c1. The average molecular weight is 321 g/mol. The van der Waals surface area contributed by atoms with Crippen LogP contribution in [0, 0.1) is 5.92 Å². The molecule has 0 spiro atoms. The fourth-order valence-corrected chi connectivity index (χ4v) is 2.95. The van der Waals surface area contributed by atoms with Crippen LogP contribution in [0.3, 0.4) is 0 Å². The molecule has 0 saturated heterocycles. The minimum Gasteiger partial charge on any atom is -0.327 e. The summed E-state index contributed by atoms with van der Waals surface area (Å²) in [4.78, 5) is 12.1. The van der Waals surface area contributed by atoms with Gasteiger partial charge in [0.15, 0.2) is 0 Å². The van der Waals surface area contributed by atoms with E-state index < -0.39 is 0 Å². The largest absolute Gasteiger partial charge is 0.327 e. The van der Waals surface area contributed by atoms with Crippen LogP contribution in [0.4, 0.5) is 5.69 Å². The number of aromatic amines is 1. The normalized spacial score (nSPS) is 20.4. The van der Waals surface area contributed by atoms with E-state index in [9.17, 15) is 4.79 Å². The van der Waals surface area contributed by atoms with Crippen molar-refractivity contribution < 1.29 is 4.79 Å². The van der Waals surface area contributed by atoms with Crippen molar-refractivity contribution in [3.05, 3.63) is 36.5 Å². The van der Waals surface area contributed by atoms with E-state index in [0.717, 1.165) is 36.2 Å². The minimum atomic E-state index is 0. The number of carbonyl (C=O) groups excluding carboxylic acids is 1. The Hall–Kier alpha value is -1.85. The second kappa shape index (κ2) is 7.42. The molecule has 0 aliphatic heterocycles. The third-order valence-corrected chi connectivity index (χ3v) is 4.12. The summed E-state index contributed by atoms with van der Waals surface area (Å²) in [5.74, 6) is 0.361. The number of hydrogen-bond donors (Lipinski definition) is 3. The molecule has 1 fully saturated rings. The predicted octanol–water partition coefficient (Wildman–Crippen LogP) is 2.95. The molecular weight excluding hydrogens is 300 g/mol. The van der Waals surface area contributed by atoms with Gasteiger partial charge in [0.05, 0.1) is 5.69 Å². The number of nitrogens with zero attached hydrogens (tertiary/aromatic N) is 1. The number of benzene rings is 1. The molecule has 5 nitrogen and oxygen atoms in total. The van der Waals surface area contributed by atoms with Crippen molar-refractivity contribution in [2.24, 2.45) is 11.7 Å². The highest BCUT2D eigenvalue weighted by Crippen LogP contribution is 2.27. The monoisotopic (exact) mass is 320 g/mol. The summed E-state index contributed by atoms with van der Waals surface area (Å²) >= 11 is 0. The molecule has 2 atom stereocenters.